The lowest BCUT2D eigenvalue weighted by atomic mass is 9.41. The molecule has 4 saturated carbocycles. The molecular weight excluding hydrogens is 388 g/mol. The van der Waals surface area contributed by atoms with E-state index in [1.54, 1.807) is 0 Å². The van der Waals surface area contributed by atoms with Gasteiger partial charge in [0.25, 0.3) is 0 Å². The highest BCUT2D eigenvalue weighted by Gasteiger charge is 2.67. The van der Waals surface area contributed by atoms with Crippen LogP contribution in [-0.2, 0) is 0 Å². The third kappa shape index (κ3) is 3.54. The molecule has 0 amide bonds. The second-order valence-corrected chi connectivity index (χ2v) is 12.7. The van der Waals surface area contributed by atoms with Crippen molar-refractivity contribution in [2.75, 3.05) is 6.61 Å². The number of rotatable bonds is 5. The number of hydrogen-bond acceptors (Lipinski definition) is 4. The molecule has 0 bridgehead atoms. The van der Waals surface area contributed by atoms with E-state index < -0.39 is 0 Å². The molecule has 4 aliphatic rings. The summed E-state index contributed by atoms with van der Waals surface area (Å²) in [5.41, 5.74) is -0.0341. The van der Waals surface area contributed by atoms with Crippen molar-refractivity contribution in [2.24, 2.45) is 58.2 Å². The summed E-state index contributed by atoms with van der Waals surface area (Å²) in [7, 11) is 0. The molecule has 0 heterocycles. The van der Waals surface area contributed by atoms with Gasteiger partial charge in [0.15, 0.2) is 0 Å². The average molecular weight is 437 g/mol. The van der Waals surface area contributed by atoms with Gasteiger partial charge in [0.05, 0.1) is 18.3 Å². The minimum absolute atomic E-state index is 0.112. The van der Waals surface area contributed by atoms with Crippen molar-refractivity contribution in [1.29, 1.82) is 0 Å². The zero-order chi connectivity index (χ0) is 22.7. The average Bonchev–Trinajstić information content (AvgIpc) is 3.09. The SMILES string of the molecule is CC[C@H]1[C@@H](O)[C@H]2C3CC[C@H]([C@H](C)C[C@@H](C)CO)[C@@]3(C)[C@@H](O)CC2[C@@]2(C)CC[C@@H](O)C[C@@H]12. The van der Waals surface area contributed by atoms with Crippen LogP contribution in [0.15, 0.2) is 0 Å². The second kappa shape index (κ2) is 8.56. The van der Waals surface area contributed by atoms with Gasteiger partial charge >= 0.3 is 0 Å². The molecule has 13 atom stereocenters. The maximum absolute atomic E-state index is 11.8. The molecule has 0 aliphatic heterocycles. The zero-order valence-electron chi connectivity index (χ0n) is 20.5. The summed E-state index contributed by atoms with van der Waals surface area (Å²) in [6.45, 7) is 11.6. The van der Waals surface area contributed by atoms with Crippen molar-refractivity contribution in [2.45, 2.75) is 104 Å². The zero-order valence-corrected chi connectivity index (χ0v) is 20.5. The van der Waals surface area contributed by atoms with E-state index in [1.807, 2.05) is 0 Å². The topological polar surface area (TPSA) is 80.9 Å². The van der Waals surface area contributed by atoms with Gasteiger partial charge in [0.2, 0.25) is 0 Å². The molecule has 180 valence electrons. The molecule has 0 spiro atoms. The summed E-state index contributed by atoms with van der Waals surface area (Å²) in [6.07, 6.45) is 6.82. The Hall–Kier alpha value is -0.160. The van der Waals surface area contributed by atoms with E-state index in [0.717, 1.165) is 51.4 Å². The van der Waals surface area contributed by atoms with Crippen molar-refractivity contribution in [3.8, 4) is 0 Å². The van der Waals surface area contributed by atoms with E-state index in [-0.39, 0.29) is 47.6 Å². The molecule has 4 fully saturated rings. The maximum atomic E-state index is 11.8. The Morgan fingerprint density at radius 3 is 2.29 bits per heavy atom. The summed E-state index contributed by atoms with van der Waals surface area (Å²) < 4.78 is 0. The predicted octanol–water partition coefficient (Wildman–Crippen LogP) is 4.24. The maximum Gasteiger partial charge on any atom is 0.0605 e. The molecule has 31 heavy (non-hydrogen) atoms. The minimum Gasteiger partial charge on any atom is -0.396 e. The van der Waals surface area contributed by atoms with Crippen LogP contribution in [0.4, 0.5) is 0 Å². The smallest absolute Gasteiger partial charge is 0.0605 e. The highest BCUT2D eigenvalue weighted by molar-refractivity contribution is 5.15. The first-order chi connectivity index (χ1) is 14.6. The second-order valence-electron chi connectivity index (χ2n) is 12.7. The van der Waals surface area contributed by atoms with E-state index in [1.165, 1.54) is 0 Å². The third-order valence-electron chi connectivity index (χ3n) is 11.3. The third-order valence-corrected chi connectivity index (χ3v) is 11.3. The van der Waals surface area contributed by atoms with Crippen molar-refractivity contribution in [3.63, 3.8) is 0 Å². The first kappa shape index (κ1) is 24.0. The Morgan fingerprint density at radius 2 is 1.65 bits per heavy atom. The van der Waals surface area contributed by atoms with E-state index in [4.69, 9.17) is 0 Å². The number of hydrogen-bond donors (Lipinski definition) is 4. The van der Waals surface area contributed by atoms with Gasteiger partial charge in [-0.3, -0.25) is 0 Å². The summed E-state index contributed by atoms with van der Waals surface area (Å²) in [6, 6.07) is 0. The molecule has 4 heteroatoms. The largest absolute Gasteiger partial charge is 0.396 e. The van der Waals surface area contributed by atoms with Crippen LogP contribution in [0, 0.1) is 58.2 Å². The molecule has 0 saturated heterocycles. The van der Waals surface area contributed by atoms with E-state index in [0.29, 0.717) is 35.5 Å². The van der Waals surface area contributed by atoms with Crippen LogP contribution in [0.1, 0.15) is 86.0 Å². The first-order valence-corrected chi connectivity index (χ1v) is 13.2. The van der Waals surface area contributed by atoms with Crippen molar-refractivity contribution in [1.82, 2.24) is 0 Å². The van der Waals surface area contributed by atoms with Gasteiger partial charge in [-0.2, -0.15) is 0 Å². The first-order valence-electron chi connectivity index (χ1n) is 13.2. The van der Waals surface area contributed by atoms with Gasteiger partial charge in [-0.15, -0.1) is 0 Å². The van der Waals surface area contributed by atoms with Crippen molar-refractivity contribution >= 4 is 0 Å². The Balaban J connectivity index is 1.67. The highest BCUT2D eigenvalue weighted by atomic mass is 16.3. The summed E-state index contributed by atoms with van der Waals surface area (Å²) in [5.74, 6) is 2.81. The molecule has 0 radical (unpaired) electrons. The van der Waals surface area contributed by atoms with Crippen LogP contribution in [0.2, 0.25) is 0 Å². The van der Waals surface area contributed by atoms with E-state index in [9.17, 15) is 20.4 Å². The van der Waals surface area contributed by atoms with Crippen molar-refractivity contribution < 1.29 is 20.4 Å². The van der Waals surface area contributed by atoms with Crippen LogP contribution in [0.3, 0.4) is 0 Å². The molecule has 4 N–H and O–H groups in total. The standard InChI is InChI=1S/C27H48O4/c1-6-18-21-12-17(29)9-10-26(21,4)22-13-23(30)27(5)19(16(3)11-15(2)14-28)7-8-20(27)24(22)25(18)31/h15-25,28-31H,6-14H2,1-5H3/t15-,16-,17-,18-,19-,20?,21+,22?,23+,24+,25-,26+,27-/m1/s1. The van der Waals surface area contributed by atoms with E-state index in [2.05, 4.69) is 34.6 Å². The summed E-state index contributed by atoms with van der Waals surface area (Å²) in [4.78, 5) is 0. The Labute approximate surface area is 189 Å². The number of aliphatic hydroxyl groups excluding tert-OH is 4. The van der Waals surface area contributed by atoms with Gasteiger partial charge < -0.3 is 20.4 Å². The monoisotopic (exact) mass is 436 g/mol. The van der Waals surface area contributed by atoms with E-state index >= 15 is 0 Å². The Bertz CT molecular complexity index is 639. The van der Waals surface area contributed by atoms with Crippen molar-refractivity contribution in [3.05, 3.63) is 0 Å². The molecule has 4 aliphatic carbocycles. The lowest BCUT2D eigenvalue weighted by Crippen LogP contribution is -2.65. The Kier molecular flexibility index (Phi) is 6.62. The summed E-state index contributed by atoms with van der Waals surface area (Å²) in [5, 5.41) is 43.5. The molecule has 4 rings (SSSR count). The quantitative estimate of drug-likeness (QED) is 0.520. The lowest BCUT2D eigenvalue weighted by molar-refractivity contribution is -0.228. The summed E-state index contributed by atoms with van der Waals surface area (Å²) >= 11 is 0. The fourth-order valence-electron chi connectivity index (χ4n) is 9.76. The van der Waals surface area contributed by atoms with Gasteiger partial charge in [-0.1, -0.05) is 41.0 Å². The van der Waals surface area contributed by atoms with Gasteiger partial charge in [0, 0.05) is 6.61 Å². The molecule has 0 aromatic carbocycles. The van der Waals surface area contributed by atoms with Crippen LogP contribution in [0.25, 0.3) is 0 Å². The molecular formula is C27H48O4. The van der Waals surface area contributed by atoms with Gasteiger partial charge in [-0.05, 0) is 103 Å². The molecule has 0 aromatic heterocycles. The number of fused-ring (bicyclic) bond motifs is 5. The fourth-order valence-corrected chi connectivity index (χ4v) is 9.76. The fraction of sp³-hybridized carbons (Fsp3) is 1.00. The van der Waals surface area contributed by atoms with Gasteiger partial charge in [-0.25, -0.2) is 0 Å². The predicted molar refractivity (Wildman–Crippen MR) is 123 cm³/mol. The molecule has 0 aromatic rings. The van der Waals surface area contributed by atoms with Crippen LogP contribution < -0.4 is 0 Å². The van der Waals surface area contributed by atoms with Crippen LogP contribution in [-0.4, -0.2) is 45.3 Å². The Morgan fingerprint density at radius 1 is 0.935 bits per heavy atom. The highest BCUT2D eigenvalue weighted by Crippen LogP contribution is 2.69. The normalized spacial score (nSPS) is 53.9. The minimum atomic E-state index is -0.326. The number of aliphatic hydroxyl groups is 4. The molecule has 4 nitrogen and oxygen atoms in total. The molecule has 2 unspecified atom stereocenters. The van der Waals surface area contributed by atoms with Crippen LogP contribution in [0.5, 0.6) is 0 Å². The van der Waals surface area contributed by atoms with Gasteiger partial charge in [0.1, 0.15) is 0 Å². The lowest BCUT2D eigenvalue weighted by Gasteiger charge is -2.65. The van der Waals surface area contributed by atoms with Crippen LogP contribution >= 0.6 is 0 Å².